The zero-order valence-corrected chi connectivity index (χ0v) is 19.8. The topological polar surface area (TPSA) is 57.4 Å². The molecule has 0 amide bonds. The van der Waals surface area contributed by atoms with E-state index in [0.29, 0.717) is 0 Å². The molecule has 5 heteroatoms. The second-order valence-corrected chi connectivity index (χ2v) is 9.69. The Morgan fingerprint density at radius 1 is 0.909 bits per heavy atom. The summed E-state index contributed by atoms with van der Waals surface area (Å²) in [4.78, 5) is 19.9. The molecule has 2 aliphatic carbocycles. The average molecular weight is 441 g/mol. The van der Waals surface area contributed by atoms with Gasteiger partial charge in [-0.1, -0.05) is 32.9 Å². The van der Waals surface area contributed by atoms with Crippen LogP contribution in [-0.4, -0.2) is 24.6 Å². The molecule has 0 aromatic heterocycles. The summed E-state index contributed by atoms with van der Waals surface area (Å²) in [6, 6.07) is 15.5. The molecule has 2 saturated carbocycles. The van der Waals surface area contributed by atoms with Crippen LogP contribution >= 0.6 is 0 Å². The van der Waals surface area contributed by atoms with Gasteiger partial charge in [-0.2, -0.15) is 10.2 Å². The van der Waals surface area contributed by atoms with Crippen molar-refractivity contribution in [3.05, 3.63) is 73.8 Å². The Hall–Kier alpha value is -3.34. The molecule has 0 saturated heterocycles. The minimum Gasteiger partial charge on any atom is -0.364 e. The Morgan fingerprint density at radius 3 is 1.91 bits per heavy atom. The largest absolute Gasteiger partial charge is 0.364 e. The van der Waals surface area contributed by atoms with Gasteiger partial charge in [0.2, 0.25) is 0 Å². The Kier molecular flexibility index (Phi) is 6.15. The highest BCUT2D eigenvalue weighted by atomic mass is 16.1. The number of carbonyl (C=O) groups is 1. The predicted molar refractivity (Wildman–Crippen MR) is 136 cm³/mol. The molecule has 170 valence electrons. The Morgan fingerprint density at radius 2 is 1.42 bits per heavy atom. The number of ketones is 1. The summed E-state index contributed by atoms with van der Waals surface area (Å²) in [6.07, 6.45) is 5.75. The Balaban J connectivity index is 1.45. The van der Waals surface area contributed by atoms with Crippen molar-refractivity contribution >= 4 is 34.2 Å². The van der Waals surface area contributed by atoms with E-state index < -0.39 is 0 Å². The molecule has 2 atom stereocenters. The average Bonchev–Trinajstić information content (AvgIpc) is 3.12. The lowest BCUT2D eigenvalue weighted by Gasteiger charge is -2.31. The predicted octanol–water partition coefficient (Wildman–Crippen LogP) is 7.38. The first-order valence-corrected chi connectivity index (χ1v) is 11.5. The highest BCUT2D eigenvalue weighted by Crippen LogP contribution is 2.62. The summed E-state index contributed by atoms with van der Waals surface area (Å²) in [5.74, 6) is 0.460. The van der Waals surface area contributed by atoms with E-state index in [1.165, 1.54) is 0 Å². The van der Waals surface area contributed by atoms with Crippen LogP contribution in [0, 0.1) is 16.7 Å². The van der Waals surface area contributed by atoms with Gasteiger partial charge >= 0.3 is 0 Å². The van der Waals surface area contributed by atoms with Crippen LogP contribution in [0.15, 0.2) is 89.1 Å². The first kappa shape index (κ1) is 22.8. The fraction of sp³-hybridized carbons (Fsp3) is 0.357. The van der Waals surface area contributed by atoms with Crippen molar-refractivity contribution in [2.75, 3.05) is 18.0 Å². The lowest BCUT2D eigenvalue weighted by Crippen LogP contribution is -2.33. The molecule has 0 radical (unpaired) electrons. The van der Waals surface area contributed by atoms with Gasteiger partial charge in [-0.15, -0.1) is 13.2 Å². The van der Waals surface area contributed by atoms with Crippen molar-refractivity contribution in [1.82, 2.24) is 0 Å². The van der Waals surface area contributed by atoms with Crippen LogP contribution in [0.4, 0.5) is 22.7 Å². The summed E-state index contributed by atoms with van der Waals surface area (Å²) in [6.45, 7) is 15.7. The minimum absolute atomic E-state index is 0.0268. The number of hydrogen-bond donors (Lipinski definition) is 0. The zero-order chi connectivity index (χ0) is 23.6. The molecule has 0 N–H and O–H groups in total. The van der Waals surface area contributed by atoms with E-state index in [-0.39, 0.29) is 22.5 Å². The number of azo groups is 1. The molecular formula is C28H32N4O. The van der Waals surface area contributed by atoms with Gasteiger partial charge in [0.25, 0.3) is 0 Å². The summed E-state index contributed by atoms with van der Waals surface area (Å²) in [5.41, 5.74) is 3.83. The van der Waals surface area contributed by atoms with Crippen molar-refractivity contribution in [3.8, 4) is 0 Å². The van der Waals surface area contributed by atoms with Crippen LogP contribution in [0.5, 0.6) is 0 Å². The molecule has 0 aliphatic heterocycles. The van der Waals surface area contributed by atoms with Crippen molar-refractivity contribution in [2.24, 2.45) is 32.0 Å². The number of benzene rings is 2. The molecule has 2 bridgehead atoms. The van der Waals surface area contributed by atoms with Crippen LogP contribution in [0.3, 0.4) is 0 Å². The van der Waals surface area contributed by atoms with Crippen molar-refractivity contribution in [2.45, 2.75) is 33.6 Å². The fourth-order valence-electron chi connectivity index (χ4n) is 5.13. The third-order valence-corrected chi connectivity index (χ3v) is 7.58. The smallest absolute Gasteiger partial charge is 0.183 e. The highest BCUT2D eigenvalue weighted by molar-refractivity contribution is 6.46. The maximum atomic E-state index is 13.0. The number of nitrogens with zero attached hydrogens (tertiary/aromatic N) is 4. The molecule has 4 rings (SSSR count). The number of rotatable bonds is 8. The highest BCUT2D eigenvalue weighted by Gasteiger charge is 2.64. The SMILES string of the molecule is C=CCN(CC=C)c1ccc(N=Nc2ccc(N=C3C(=O)C4(C)CCC3C4(C)C)cc2)cc1. The van der Waals surface area contributed by atoms with Crippen LogP contribution in [0.1, 0.15) is 33.6 Å². The van der Waals surface area contributed by atoms with Gasteiger partial charge in [0, 0.05) is 30.1 Å². The third kappa shape index (κ3) is 4.08. The Labute approximate surface area is 196 Å². The zero-order valence-electron chi connectivity index (χ0n) is 19.8. The molecule has 5 nitrogen and oxygen atoms in total. The van der Waals surface area contributed by atoms with Gasteiger partial charge in [-0.05, 0) is 66.8 Å². The van der Waals surface area contributed by atoms with Crippen LogP contribution < -0.4 is 4.90 Å². The third-order valence-electron chi connectivity index (χ3n) is 7.58. The van der Waals surface area contributed by atoms with E-state index >= 15 is 0 Å². The van der Waals surface area contributed by atoms with Crippen molar-refractivity contribution in [1.29, 1.82) is 0 Å². The molecule has 33 heavy (non-hydrogen) atoms. The van der Waals surface area contributed by atoms with Crippen LogP contribution in [0.2, 0.25) is 0 Å². The fourth-order valence-corrected chi connectivity index (χ4v) is 5.13. The maximum Gasteiger partial charge on any atom is 0.183 e. The molecular weight excluding hydrogens is 408 g/mol. The molecule has 2 aromatic rings. The van der Waals surface area contributed by atoms with Crippen LogP contribution in [-0.2, 0) is 4.79 Å². The minimum atomic E-state index is -0.283. The molecule has 0 heterocycles. The van der Waals surface area contributed by atoms with Gasteiger partial charge in [0.1, 0.15) is 0 Å². The summed E-state index contributed by atoms with van der Waals surface area (Å²) in [5, 5.41) is 8.70. The van der Waals surface area contributed by atoms with E-state index in [4.69, 9.17) is 4.99 Å². The number of Topliss-reactive ketones (excluding diaryl/α,β-unsaturated/α-hetero) is 1. The first-order valence-electron chi connectivity index (χ1n) is 11.5. The molecule has 0 spiro atoms. The number of aliphatic imine (C=N–C) groups is 1. The van der Waals surface area contributed by atoms with Gasteiger partial charge in [-0.25, -0.2) is 4.99 Å². The van der Waals surface area contributed by atoms with Gasteiger partial charge < -0.3 is 4.90 Å². The van der Waals surface area contributed by atoms with E-state index in [1.54, 1.807) is 0 Å². The molecule has 2 aliphatic rings. The van der Waals surface area contributed by atoms with Crippen LogP contribution in [0.25, 0.3) is 0 Å². The van der Waals surface area contributed by atoms with Gasteiger partial charge in [0.05, 0.1) is 22.8 Å². The summed E-state index contributed by atoms with van der Waals surface area (Å²) >= 11 is 0. The van der Waals surface area contributed by atoms with E-state index in [1.807, 2.05) is 60.7 Å². The number of anilines is 1. The molecule has 2 fully saturated rings. The number of fused-ring (bicyclic) bond motifs is 2. The van der Waals surface area contributed by atoms with Crippen molar-refractivity contribution < 1.29 is 4.79 Å². The monoisotopic (exact) mass is 440 g/mol. The standard InChI is InChI=1S/C28H32N4O/c1-6-18-32(19-7-2)23-14-12-22(13-15-23)31-30-21-10-8-20(9-11-21)29-25-24-16-17-28(5,26(25)33)27(24,3)4/h6-15,24H,1-2,16-19H2,3-5H3. The first-order chi connectivity index (χ1) is 15.8. The lowest BCUT2D eigenvalue weighted by molar-refractivity contribution is -0.123. The number of carbonyl (C=O) groups excluding carboxylic acids is 1. The van der Waals surface area contributed by atoms with E-state index in [0.717, 1.165) is 54.4 Å². The quantitative estimate of drug-likeness (QED) is 0.318. The number of hydrogen-bond acceptors (Lipinski definition) is 5. The normalized spacial score (nSPS) is 24.5. The van der Waals surface area contributed by atoms with Gasteiger partial charge in [0.15, 0.2) is 5.78 Å². The van der Waals surface area contributed by atoms with Crippen molar-refractivity contribution in [3.63, 3.8) is 0 Å². The molecule has 2 unspecified atom stereocenters. The maximum absolute atomic E-state index is 13.0. The van der Waals surface area contributed by atoms with E-state index in [9.17, 15) is 4.79 Å². The lowest BCUT2D eigenvalue weighted by atomic mass is 9.70. The summed E-state index contributed by atoms with van der Waals surface area (Å²) < 4.78 is 0. The summed E-state index contributed by atoms with van der Waals surface area (Å²) in [7, 11) is 0. The Bertz CT molecular complexity index is 1100. The van der Waals surface area contributed by atoms with E-state index in [2.05, 4.69) is 49.1 Å². The molecule has 2 aromatic carbocycles. The van der Waals surface area contributed by atoms with Gasteiger partial charge in [-0.3, -0.25) is 4.79 Å². The second-order valence-electron chi connectivity index (χ2n) is 9.69. The second kappa shape index (κ2) is 8.89.